The molecule has 4 heterocycles. The van der Waals surface area contributed by atoms with Crippen molar-refractivity contribution in [2.45, 2.75) is 83.4 Å². The molecule has 1 N–H and O–H groups in total. The maximum atomic E-state index is 11.8. The number of pyridine rings is 2. The van der Waals surface area contributed by atoms with E-state index in [0.717, 1.165) is 65.7 Å². The number of methoxy groups -OCH3 is 2. The summed E-state index contributed by atoms with van der Waals surface area (Å²) in [6.07, 6.45) is 6.47. The number of hydrogen-bond donors (Lipinski definition) is 1. The van der Waals surface area contributed by atoms with Gasteiger partial charge in [-0.3, -0.25) is 39.5 Å². The van der Waals surface area contributed by atoms with Crippen LogP contribution in [0.2, 0.25) is 0 Å². The molecule has 12 nitrogen and oxygen atoms in total. The Morgan fingerprint density at radius 2 is 1.16 bits per heavy atom. The number of Topliss-reactive ketones (excluding diaryl/α,β-unsaturated/α-hetero) is 1. The minimum Gasteiger partial charge on any atom is -0.469 e. The molecule has 0 saturated heterocycles. The SMILES string of the molecule is COC(=O)CC[C@@H]1N=C(c2ccccn2)c2cc(Br)ccc2N=C1CCC(C)=O.COC(=O)CC[C@@H]1N=C(c2ccccn2)c2cc(Br)ccc2N=C1CC[C@@H](C)O. The van der Waals surface area contributed by atoms with Crippen LogP contribution in [-0.2, 0) is 23.9 Å². The van der Waals surface area contributed by atoms with Crippen molar-refractivity contribution in [1.29, 1.82) is 0 Å². The Bertz CT molecular complexity index is 2210. The first-order valence-corrected chi connectivity index (χ1v) is 20.6. The molecule has 0 radical (unpaired) electrons. The zero-order chi connectivity index (χ0) is 41.6. The average molecular weight is 915 g/mol. The quantitative estimate of drug-likeness (QED) is 0.123. The molecule has 2 aromatic heterocycles. The molecule has 2 aliphatic heterocycles. The average Bonchev–Trinajstić information content (AvgIpc) is 3.48. The molecule has 0 bridgehead atoms. The van der Waals surface area contributed by atoms with Crippen molar-refractivity contribution in [3.05, 3.63) is 117 Å². The van der Waals surface area contributed by atoms with E-state index in [2.05, 4.69) is 41.8 Å². The summed E-state index contributed by atoms with van der Waals surface area (Å²) in [4.78, 5) is 63.8. The van der Waals surface area contributed by atoms with Gasteiger partial charge >= 0.3 is 11.9 Å². The van der Waals surface area contributed by atoms with Crippen LogP contribution in [0.15, 0.2) is 114 Å². The van der Waals surface area contributed by atoms with Gasteiger partial charge in [0, 0.05) is 63.2 Å². The molecule has 0 aliphatic carbocycles. The molecule has 0 spiro atoms. The van der Waals surface area contributed by atoms with Gasteiger partial charge in [-0.15, -0.1) is 0 Å². The van der Waals surface area contributed by atoms with Crippen molar-refractivity contribution in [1.82, 2.24) is 9.97 Å². The van der Waals surface area contributed by atoms with Gasteiger partial charge in [0.05, 0.1) is 66.6 Å². The first kappa shape index (κ1) is 44.1. The van der Waals surface area contributed by atoms with Crippen molar-refractivity contribution in [3.63, 3.8) is 0 Å². The molecule has 302 valence electrons. The van der Waals surface area contributed by atoms with Gasteiger partial charge < -0.3 is 19.4 Å². The molecular formula is C44H46Br2N6O6. The summed E-state index contributed by atoms with van der Waals surface area (Å²) in [5, 5.41) is 9.78. The van der Waals surface area contributed by atoms with Crippen molar-refractivity contribution >= 4 is 83.8 Å². The molecular weight excluding hydrogens is 868 g/mol. The zero-order valence-electron chi connectivity index (χ0n) is 32.9. The molecule has 0 unspecified atom stereocenters. The van der Waals surface area contributed by atoms with Gasteiger partial charge in [0.25, 0.3) is 0 Å². The van der Waals surface area contributed by atoms with E-state index < -0.39 is 6.10 Å². The summed E-state index contributed by atoms with van der Waals surface area (Å²) in [5.74, 6) is -0.484. The van der Waals surface area contributed by atoms with Crippen LogP contribution in [0.1, 0.15) is 87.7 Å². The van der Waals surface area contributed by atoms with Crippen molar-refractivity contribution < 1.29 is 29.0 Å². The van der Waals surface area contributed by atoms with Crippen LogP contribution >= 0.6 is 31.9 Å². The van der Waals surface area contributed by atoms with E-state index in [-0.39, 0.29) is 42.6 Å². The summed E-state index contributed by atoms with van der Waals surface area (Å²) in [5.41, 5.74) is 7.91. The number of carbonyl (C=O) groups is 3. The molecule has 0 saturated carbocycles. The molecule has 58 heavy (non-hydrogen) atoms. The third-order valence-corrected chi connectivity index (χ3v) is 10.3. The van der Waals surface area contributed by atoms with Gasteiger partial charge in [-0.1, -0.05) is 44.0 Å². The number of hydrogen-bond acceptors (Lipinski definition) is 12. The van der Waals surface area contributed by atoms with Gasteiger partial charge in [0.1, 0.15) is 5.78 Å². The van der Waals surface area contributed by atoms with Crippen LogP contribution in [0.3, 0.4) is 0 Å². The van der Waals surface area contributed by atoms with E-state index in [1.807, 2.05) is 72.8 Å². The number of nitrogens with zero attached hydrogens (tertiary/aromatic N) is 6. The van der Waals surface area contributed by atoms with Crippen LogP contribution in [0, 0.1) is 0 Å². The molecule has 0 fully saturated rings. The predicted octanol–water partition coefficient (Wildman–Crippen LogP) is 8.71. The summed E-state index contributed by atoms with van der Waals surface area (Å²) in [7, 11) is 2.75. The van der Waals surface area contributed by atoms with Crippen LogP contribution in [0.25, 0.3) is 0 Å². The second-order valence-corrected chi connectivity index (χ2v) is 15.6. The lowest BCUT2D eigenvalue weighted by atomic mass is 10.0. The maximum absolute atomic E-state index is 11.8. The fourth-order valence-electron chi connectivity index (χ4n) is 6.34. The largest absolute Gasteiger partial charge is 0.469 e. The standard InChI is InChI=1S/C22H24BrN3O3.C22H22BrN3O3/c2*1-14(27)6-8-18-19(10-11-21(28)29-2)26-22(20-5-3-4-12-24-20)16-13-15(23)7-9-17(16)25-18/h3-5,7,9,12-14,19,27H,6,8,10-11H2,1-2H3;3-5,7,9,12-13,19H,6,8,10-11H2,1-2H3/t14-,19+;19-/m10/s1. The number of ketones is 1. The summed E-state index contributed by atoms with van der Waals surface area (Å²) >= 11 is 7.06. The number of aromatic nitrogens is 2. The Balaban J connectivity index is 0.000000221. The number of benzene rings is 2. The Morgan fingerprint density at radius 1 is 0.690 bits per heavy atom. The number of aliphatic hydroxyl groups excluding tert-OH is 1. The number of rotatable bonds is 14. The fraction of sp³-hybridized carbons (Fsp3) is 0.341. The second kappa shape index (κ2) is 21.6. The minimum absolute atomic E-state index is 0.0913. The number of aliphatic imine (C=N–C) groups is 4. The second-order valence-electron chi connectivity index (χ2n) is 13.8. The topological polar surface area (TPSA) is 165 Å². The van der Waals surface area contributed by atoms with Crippen molar-refractivity contribution in [3.8, 4) is 0 Å². The van der Waals surface area contributed by atoms with Crippen LogP contribution in [-0.4, -0.2) is 88.1 Å². The van der Waals surface area contributed by atoms with Crippen LogP contribution in [0.5, 0.6) is 0 Å². The van der Waals surface area contributed by atoms with Gasteiger partial charge in [-0.2, -0.15) is 0 Å². The molecule has 2 aromatic carbocycles. The van der Waals surface area contributed by atoms with Gasteiger partial charge in [-0.05, 0) is 107 Å². The van der Waals surface area contributed by atoms with Gasteiger partial charge in [0.15, 0.2) is 0 Å². The first-order chi connectivity index (χ1) is 27.9. The van der Waals surface area contributed by atoms with E-state index in [4.69, 9.17) is 29.4 Å². The molecule has 0 amide bonds. The van der Waals surface area contributed by atoms with Gasteiger partial charge in [-0.25, -0.2) is 0 Å². The summed E-state index contributed by atoms with van der Waals surface area (Å²) < 4.78 is 11.4. The van der Waals surface area contributed by atoms with E-state index in [9.17, 15) is 19.5 Å². The highest BCUT2D eigenvalue weighted by atomic mass is 79.9. The highest BCUT2D eigenvalue weighted by Gasteiger charge is 2.27. The molecule has 4 aromatic rings. The lowest BCUT2D eigenvalue weighted by Crippen LogP contribution is -2.23. The van der Waals surface area contributed by atoms with E-state index in [1.165, 1.54) is 14.2 Å². The van der Waals surface area contributed by atoms with Crippen LogP contribution in [0.4, 0.5) is 11.4 Å². The Labute approximate surface area is 355 Å². The highest BCUT2D eigenvalue weighted by Crippen LogP contribution is 2.33. The number of ether oxygens (including phenoxy) is 2. The number of fused-ring (bicyclic) bond motifs is 2. The number of aliphatic hydroxyl groups is 1. The van der Waals surface area contributed by atoms with E-state index in [1.54, 1.807) is 26.2 Å². The lowest BCUT2D eigenvalue weighted by Gasteiger charge is -2.16. The summed E-state index contributed by atoms with van der Waals surface area (Å²) in [6.45, 7) is 3.32. The smallest absolute Gasteiger partial charge is 0.305 e. The Kier molecular flexibility index (Phi) is 16.4. The zero-order valence-corrected chi connectivity index (χ0v) is 36.1. The van der Waals surface area contributed by atoms with Crippen LogP contribution < -0.4 is 0 Å². The molecule has 2 aliphatic rings. The monoisotopic (exact) mass is 912 g/mol. The van der Waals surface area contributed by atoms with E-state index >= 15 is 0 Å². The number of halogens is 2. The first-order valence-electron chi connectivity index (χ1n) is 19.0. The normalized spacial score (nSPS) is 16.3. The molecule has 3 atom stereocenters. The Morgan fingerprint density at radius 3 is 1.55 bits per heavy atom. The number of esters is 2. The molecule has 14 heteroatoms. The maximum Gasteiger partial charge on any atom is 0.305 e. The fourth-order valence-corrected chi connectivity index (χ4v) is 7.07. The van der Waals surface area contributed by atoms with E-state index in [0.29, 0.717) is 38.5 Å². The van der Waals surface area contributed by atoms with Crippen molar-refractivity contribution in [2.24, 2.45) is 20.0 Å². The number of carbonyl (C=O) groups excluding carboxylic acids is 3. The third kappa shape index (κ3) is 12.5. The van der Waals surface area contributed by atoms with Gasteiger partial charge in [0.2, 0.25) is 0 Å². The third-order valence-electron chi connectivity index (χ3n) is 9.36. The molecule has 6 rings (SSSR count). The summed E-state index contributed by atoms with van der Waals surface area (Å²) in [6, 6.07) is 22.4. The lowest BCUT2D eigenvalue weighted by molar-refractivity contribution is -0.141. The van der Waals surface area contributed by atoms with Crippen molar-refractivity contribution in [2.75, 3.05) is 14.2 Å². The minimum atomic E-state index is -0.439. The highest BCUT2D eigenvalue weighted by molar-refractivity contribution is 9.10. The predicted molar refractivity (Wildman–Crippen MR) is 233 cm³/mol. The Hall–Kier alpha value is -5.05.